The number of hydrogen-bond donors (Lipinski definition) is 0. The number of unbranched alkanes of at least 4 members (excludes halogenated alkanes) is 2. The minimum atomic E-state index is -0.188. The van der Waals surface area contributed by atoms with Crippen LogP contribution in [0.1, 0.15) is 33.1 Å². The Morgan fingerprint density at radius 1 is 1.38 bits per heavy atom. The van der Waals surface area contributed by atoms with E-state index in [0.717, 1.165) is 19.3 Å². The molecule has 0 rings (SSSR count). The first kappa shape index (κ1) is 11.5. The molecule has 1 heteroatoms. The molecule has 13 heavy (non-hydrogen) atoms. The van der Waals surface area contributed by atoms with Gasteiger partial charge in [0.2, 0.25) is 5.78 Å². The summed E-state index contributed by atoms with van der Waals surface area (Å²) in [7, 11) is 0. The van der Waals surface area contributed by atoms with Gasteiger partial charge in [-0.15, -0.1) is 0 Å². The minimum absolute atomic E-state index is 0.188. The van der Waals surface area contributed by atoms with Gasteiger partial charge in [-0.1, -0.05) is 25.3 Å². The largest absolute Gasteiger partial charge is 0.280 e. The van der Waals surface area contributed by atoms with Crippen LogP contribution in [0.4, 0.5) is 0 Å². The lowest BCUT2D eigenvalue weighted by Gasteiger charge is -1.80. The maximum Gasteiger partial charge on any atom is 0.229 e. The van der Waals surface area contributed by atoms with Crippen LogP contribution >= 0.6 is 0 Å². The van der Waals surface area contributed by atoms with E-state index in [-0.39, 0.29) is 5.78 Å². The van der Waals surface area contributed by atoms with E-state index in [1.54, 1.807) is 13.0 Å². The fourth-order valence-electron chi connectivity index (χ4n) is 0.658. The Bertz CT molecular complexity index is 289. The standard InChI is InChI=1S/C12H14O/c1-3-5-6-7-8-9-11-12(13)10-4-2/h4,10H,3,5-6H2,1-2H3/b10-4+. The summed E-state index contributed by atoms with van der Waals surface area (Å²) in [6.07, 6.45) is 6.20. The molecule has 1 nitrogen and oxygen atoms in total. The van der Waals surface area contributed by atoms with E-state index in [1.807, 2.05) is 0 Å². The average molecular weight is 174 g/mol. The van der Waals surface area contributed by atoms with Crippen molar-refractivity contribution in [1.29, 1.82) is 0 Å². The molecule has 0 aromatic carbocycles. The normalized spacial score (nSPS) is 8.46. The average Bonchev–Trinajstić information content (AvgIpc) is 2.11. The summed E-state index contributed by atoms with van der Waals surface area (Å²) >= 11 is 0. The lowest BCUT2D eigenvalue weighted by molar-refractivity contribution is -0.109. The third-order valence-electron chi connectivity index (χ3n) is 1.31. The summed E-state index contributed by atoms with van der Waals surface area (Å²) in [6.45, 7) is 3.90. The Morgan fingerprint density at radius 3 is 2.77 bits per heavy atom. The van der Waals surface area contributed by atoms with Gasteiger partial charge in [0, 0.05) is 6.42 Å². The number of rotatable bonds is 3. The van der Waals surface area contributed by atoms with Crippen LogP contribution in [0.3, 0.4) is 0 Å². The van der Waals surface area contributed by atoms with Gasteiger partial charge in [-0.2, -0.15) is 0 Å². The molecule has 0 aliphatic carbocycles. The van der Waals surface area contributed by atoms with Gasteiger partial charge in [-0.3, -0.25) is 4.79 Å². The van der Waals surface area contributed by atoms with Crippen molar-refractivity contribution < 1.29 is 4.79 Å². The van der Waals surface area contributed by atoms with Crippen molar-refractivity contribution in [3.05, 3.63) is 12.2 Å². The fraction of sp³-hybridized carbons (Fsp3) is 0.417. The Hall–Kier alpha value is -1.47. The Balaban J connectivity index is 3.82. The van der Waals surface area contributed by atoms with Gasteiger partial charge in [-0.05, 0) is 37.2 Å². The first-order valence-electron chi connectivity index (χ1n) is 4.46. The van der Waals surface area contributed by atoms with Gasteiger partial charge in [0.05, 0.1) is 0 Å². The molecule has 0 aliphatic rings. The van der Waals surface area contributed by atoms with Crippen molar-refractivity contribution in [2.45, 2.75) is 33.1 Å². The van der Waals surface area contributed by atoms with Gasteiger partial charge in [-0.25, -0.2) is 0 Å². The molecular formula is C12H14O. The van der Waals surface area contributed by atoms with Crippen LogP contribution in [0.5, 0.6) is 0 Å². The summed E-state index contributed by atoms with van der Waals surface area (Å²) in [5, 5.41) is 0. The highest BCUT2D eigenvalue weighted by molar-refractivity contribution is 6.04. The third kappa shape index (κ3) is 8.44. The number of ketones is 1. The minimum Gasteiger partial charge on any atom is -0.280 e. The van der Waals surface area contributed by atoms with E-state index in [1.165, 1.54) is 6.08 Å². The molecule has 0 atom stereocenters. The Kier molecular flexibility index (Phi) is 7.65. The van der Waals surface area contributed by atoms with Crippen LogP contribution in [-0.2, 0) is 4.79 Å². The van der Waals surface area contributed by atoms with E-state index in [4.69, 9.17) is 0 Å². The second-order valence-corrected chi connectivity index (χ2v) is 2.52. The van der Waals surface area contributed by atoms with Crippen LogP contribution < -0.4 is 0 Å². The zero-order chi connectivity index (χ0) is 9.94. The molecule has 0 aromatic rings. The Labute approximate surface area is 80.2 Å². The smallest absolute Gasteiger partial charge is 0.229 e. The maximum absolute atomic E-state index is 10.8. The van der Waals surface area contributed by atoms with Crippen molar-refractivity contribution in [2.24, 2.45) is 0 Å². The van der Waals surface area contributed by atoms with Crippen molar-refractivity contribution in [2.75, 3.05) is 0 Å². The summed E-state index contributed by atoms with van der Waals surface area (Å²) in [5.41, 5.74) is 0. The molecule has 0 aromatic heterocycles. The Morgan fingerprint density at radius 2 is 2.15 bits per heavy atom. The van der Waals surface area contributed by atoms with E-state index in [2.05, 4.69) is 30.6 Å². The van der Waals surface area contributed by atoms with Crippen molar-refractivity contribution in [3.63, 3.8) is 0 Å². The molecule has 0 radical (unpaired) electrons. The molecule has 0 saturated heterocycles. The second-order valence-electron chi connectivity index (χ2n) is 2.52. The highest BCUT2D eigenvalue weighted by Crippen LogP contribution is 1.89. The van der Waals surface area contributed by atoms with Gasteiger partial charge in [0.1, 0.15) is 0 Å². The molecule has 0 aliphatic heterocycles. The third-order valence-corrected chi connectivity index (χ3v) is 1.31. The van der Waals surface area contributed by atoms with Crippen molar-refractivity contribution >= 4 is 5.78 Å². The molecule has 0 saturated carbocycles. The summed E-state index contributed by atoms with van der Waals surface area (Å²) in [5.74, 6) is 10.3. The van der Waals surface area contributed by atoms with Gasteiger partial charge in [0.25, 0.3) is 0 Å². The quantitative estimate of drug-likeness (QED) is 0.278. The summed E-state index contributed by atoms with van der Waals surface area (Å²) < 4.78 is 0. The van der Waals surface area contributed by atoms with Crippen molar-refractivity contribution in [1.82, 2.24) is 0 Å². The molecule has 0 bridgehead atoms. The first-order chi connectivity index (χ1) is 6.31. The lowest BCUT2D eigenvalue weighted by atomic mass is 10.2. The predicted molar refractivity (Wildman–Crippen MR) is 54.9 cm³/mol. The monoisotopic (exact) mass is 174 g/mol. The SMILES string of the molecule is C/C=C/C(=O)C#CC#CCCCC. The fourth-order valence-corrected chi connectivity index (χ4v) is 0.658. The summed E-state index contributed by atoms with van der Waals surface area (Å²) in [4.78, 5) is 10.8. The van der Waals surface area contributed by atoms with E-state index in [9.17, 15) is 4.79 Å². The number of allylic oxidation sites excluding steroid dienone is 2. The van der Waals surface area contributed by atoms with Crippen LogP contribution in [0.2, 0.25) is 0 Å². The van der Waals surface area contributed by atoms with Crippen LogP contribution in [0, 0.1) is 23.7 Å². The highest BCUT2D eigenvalue weighted by atomic mass is 16.1. The van der Waals surface area contributed by atoms with Gasteiger partial charge >= 0.3 is 0 Å². The lowest BCUT2D eigenvalue weighted by Crippen LogP contribution is -1.83. The van der Waals surface area contributed by atoms with Crippen LogP contribution in [0.15, 0.2) is 12.2 Å². The molecule has 0 unspecified atom stereocenters. The molecule has 0 fully saturated rings. The zero-order valence-corrected chi connectivity index (χ0v) is 8.18. The summed E-state index contributed by atoms with van der Waals surface area (Å²) in [6, 6.07) is 0. The van der Waals surface area contributed by atoms with E-state index in [0.29, 0.717) is 0 Å². The molecule has 68 valence electrons. The highest BCUT2D eigenvalue weighted by Gasteiger charge is 1.82. The van der Waals surface area contributed by atoms with Gasteiger partial charge < -0.3 is 0 Å². The predicted octanol–water partition coefficient (Wildman–Crippen LogP) is 2.33. The number of carbonyl (C=O) groups excluding carboxylic acids is 1. The molecule has 0 N–H and O–H groups in total. The van der Waals surface area contributed by atoms with Crippen LogP contribution in [0.25, 0.3) is 0 Å². The van der Waals surface area contributed by atoms with Crippen LogP contribution in [-0.4, -0.2) is 5.78 Å². The molecule has 0 heterocycles. The first-order valence-corrected chi connectivity index (χ1v) is 4.46. The molecule has 0 amide bonds. The zero-order valence-electron chi connectivity index (χ0n) is 8.18. The molecule has 0 spiro atoms. The maximum atomic E-state index is 10.8. The number of hydrogen-bond acceptors (Lipinski definition) is 1. The second kappa shape index (κ2) is 8.62. The number of carbonyl (C=O) groups is 1. The molecular weight excluding hydrogens is 160 g/mol. The van der Waals surface area contributed by atoms with E-state index < -0.39 is 0 Å². The topological polar surface area (TPSA) is 17.1 Å². The van der Waals surface area contributed by atoms with Crippen molar-refractivity contribution in [3.8, 4) is 23.7 Å². The van der Waals surface area contributed by atoms with E-state index >= 15 is 0 Å². The van der Waals surface area contributed by atoms with Gasteiger partial charge in [0.15, 0.2) is 0 Å².